The monoisotopic (exact) mass is 785 g/mol. The Morgan fingerprint density at radius 3 is 2.05 bits per heavy atom. The first-order valence-corrected chi connectivity index (χ1v) is 17.8. The molecule has 1 saturated heterocycles. The fraction of sp³-hybridized carbons (Fsp3) is 0.385. The van der Waals surface area contributed by atoms with Crippen molar-refractivity contribution < 1.29 is 46.1 Å². The van der Waals surface area contributed by atoms with Crippen molar-refractivity contribution in [1.82, 2.24) is 19.8 Å². The number of halogens is 5. The molecule has 16 heteroatoms. The molecule has 2 aromatic carbocycles. The molecular weight excluding hydrogens is 746 g/mol. The zero-order valence-corrected chi connectivity index (χ0v) is 31.8. The Bertz CT molecular complexity index is 2030. The molecule has 0 N–H and O–H groups in total. The van der Waals surface area contributed by atoms with Crippen LogP contribution in [0, 0.1) is 12.9 Å². The molecule has 1 fully saturated rings. The number of piperazine rings is 1. The molecular formula is C39H40ClF4N5O6. The summed E-state index contributed by atoms with van der Waals surface area (Å²) in [5.41, 5.74) is -2.56. The van der Waals surface area contributed by atoms with E-state index in [1.54, 1.807) is 49.9 Å². The molecule has 0 aliphatic carbocycles. The van der Waals surface area contributed by atoms with Crippen molar-refractivity contribution in [3.05, 3.63) is 93.4 Å². The molecule has 0 unspecified atom stereocenters. The van der Waals surface area contributed by atoms with Crippen LogP contribution in [0.1, 0.15) is 53.4 Å². The number of hydrogen-bond acceptors (Lipinski definition) is 9. The van der Waals surface area contributed by atoms with Crippen LogP contribution in [0.4, 0.5) is 28.2 Å². The lowest BCUT2D eigenvalue weighted by Crippen LogP contribution is -2.58. The zero-order chi connectivity index (χ0) is 39.8. The number of carbonyl (C=O) groups excluding carboxylic acids is 2. The fourth-order valence-corrected chi connectivity index (χ4v) is 6.82. The molecule has 6 rings (SSSR count). The Kier molecular flexibility index (Phi) is 11.1. The standard InChI is InChI=1S/C39H40ClF4N5O6/c1-22-17-28(48(18-23-7-11-26(52-5)12-8-23)19-24-9-13-27(53-6)14-10-24)45-32(30(22)39(42,43)44)33-31(40)34-29(35(41)46-33)36(50)49-16-15-47(20-25(49)21-54-34)37(51)55-38(2,3)4/h7-14,17,25H,15-16,18-21H2,1-6H3/t25-/m1/s1. The Hall–Kier alpha value is -5.31. The van der Waals surface area contributed by atoms with Crippen molar-refractivity contribution in [2.24, 2.45) is 0 Å². The molecule has 0 spiro atoms. The highest BCUT2D eigenvalue weighted by Gasteiger charge is 2.43. The van der Waals surface area contributed by atoms with Crippen LogP contribution >= 0.6 is 11.6 Å². The second-order valence-corrected chi connectivity index (χ2v) is 14.6. The van der Waals surface area contributed by atoms with Gasteiger partial charge in [-0.2, -0.15) is 17.6 Å². The number of nitrogens with zero attached hydrogens (tertiary/aromatic N) is 5. The van der Waals surface area contributed by atoms with Gasteiger partial charge in [0.2, 0.25) is 5.95 Å². The zero-order valence-electron chi connectivity index (χ0n) is 31.1. The summed E-state index contributed by atoms with van der Waals surface area (Å²) in [6.07, 6.45) is -5.55. The number of carbonyl (C=O) groups is 2. The summed E-state index contributed by atoms with van der Waals surface area (Å²) < 4.78 is 82.8. The van der Waals surface area contributed by atoms with Gasteiger partial charge in [-0.25, -0.2) is 14.8 Å². The number of ether oxygens (including phenoxy) is 4. The number of benzene rings is 2. The molecule has 55 heavy (non-hydrogen) atoms. The summed E-state index contributed by atoms with van der Waals surface area (Å²) in [5.74, 6) is -1.28. The highest BCUT2D eigenvalue weighted by Crippen LogP contribution is 2.45. The van der Waals surface area contributed by atoms with Gasteiger partial charge in [0.15, 0.2) is 5.75 Å². The summed E-state index contributed by atoms with van der Waals surface area (Å²) >= 11 is 6.79. The van der Waals surface area contributed by atoms with E-state index in [1.807, 2.05) is 24.3 Å². The van der Waals surface area contributed by atoms with Crippen molar-refractivity contribution in [3.8, 4) is 28.6 Å². The van der Waals surface area contributed by atoms with E-state index in [0.717, 1.165) is 11.1 Å². The molecule has 2 aliphatic rings. The predicted molar refractivity (Wildman–Crippen MR) is 196 cm³/mol. The largest absolute Gasteiger partial charge is 0.497 e. The molecule has 0 bridgehead atoms. The van der Waals surface area contributed by atoms with Gasteiger partial charge in [-0.1, -0.05) is 35.9 Å². The van der Waals surface area contributed by atoms with Crippen LogP contribution in [0.3, 0.4) is 0 Å². The first kappa shape index (κ1) is 39.4. The smallest absolute Gasteiger partial charge is 0.418 e. The summed E-state index contributed by atoms with van der Waals surface area (Å²) in [4.78, 5) is 39.5. The van der Waals surface area contributed by atoms with E-state index in [4.69, 9.17) is 30.5 Å². The van der Waals surface area contributed by atoms with Gasteiger partial charge in [0, 0.05) is 32.7 Å². The number of aromatic nitrogens is 2. The Morgan fingerprint density at radius 2 is 1.53 bits per heavy atom. The first-order chi connectivity index (χ1) is 26.0. The maximum absolute atomic E-state index is 16.1. The number of anilines is 1. The molecule has 0 radical (unpaired) electrons. The van der Waals surface area contributed by atoms with Gasteiger partial charge in [0.25, 0.3) is 5.91 Å². The second kappa shape index (κ2) is 15.4. The van der Waals surface area contributed by atoms with E-state index in [-0.39, 0.29) is 50.7 Å². The van der Waals surface area contributed by atoms with Crippen LogP contribution < -0.4 is 19.1 Å². The normalized spacial score (nSPS) is 15.8. The van der Waals surface area contributed by atoms with Crippen LogP contribution in [0.5, 0.6) is 17.2 Å². The van der Waals surface area contributed by atoms with Gasteiger partial charge in [-0.15, -0.1) is 0 Å². The van der Waals surface area contributed by atoms with Gasteiger partial charge in [0.1, 0.15) is 51.5 Å². The Balaban J connectivity index is 1.42. The SMILES string of the molecule is COc1ccc(CN(Cc2ccc(OC)cc2)c2cc(C)c(C(F)(F)F)c(-c3nc(F)c4c(c3Cl)OC[C@H]3CN(C(=O)OC(C)(C)C)CCN3C4=O)n2)cc1. The van der Waals surface area contributed by atoms with Crippen molar-refractivity contribution in [1.29, 1.82) is 0 Å². The lowest BCUT2D eigenvalue weighted by atomic mass is 10.0. The minimum absolute atomic E-state index is 0.00735. The third kappa shape index (κ3) is 8.51. The maximum atomic E-state index is 16.1. The molecule has 1 atom stereocenters. The lowest BCUT2D eigenvalue weighted by molar-refractivity contribution is -0.137. The van der Waals surface area contributed by atoms with Crippen LogP contribution in [0.2, 0.25) is 5.02 Å². The van der Waals surface area contributed by atoms with Gasteiger partial charge >= 0.3 is 12.3 Å². The molecule has 292 valence electrons. The summed E-state index contributed by atoms with van der Waals surface area (Å²) in [7, 11) is 3.08. The average Bonchev–Trinajstić information content (AvgIpc) is 3.28. The summed E-state index contributed by atoms with van der Waals surface area (Å²) in [6.45, 7) is 6.75. The third-order valence-electron chi connectivity index (χ3n) is 9.18. The average molecular weight is 786 g/mol. The molecule has 11 nitrogen and oxygen atoms in total. The van der Waals surface area contributed by atoms with Crippen molar-refractivity contribution in [2.75, 3.05) is 45.4 Å². The number of rotatable bonds is 8. The predicted octanol–water partition coefficient (Wildman–Crippen LogP) is 7.94. The van der Waals surface area contributed by atoms with E-state index in [1.165, 1.54) is 37.0 Å². The number of alkyl halides is 3. The van der Waals surface area contributed by atoms with Crippen LogP contribution in [-0.2, 0) is 24.0 Å². The van der Waals surface area contributed by atoms with Gasteiger partial charge in [-0.05, 0) is 74.7 Å². The molecule has 2 aromatic heterocycles. The number of amides is 2. The minimum Gasteiger partial charge on any atom is -0.497 e. The Morgan fingerprint density at radius 1 is 0.945 bits per heavy atom. The quantitative estimate of drug-likeness (QED) is 0.130. The van der Waals surface area contributed by atoms with Crippen molar-refractivity contribution in [3.63, 3.8) is 0 Å². The van der Waals surface area contributed by atoms with Crippen molar-refractivity contribution in [2.45, 2.75) is 58.6 Å². The van der Waals surface area contributed by atoms with E-state index in [0.29, 0.717) is 11.5 Å². The Labute approximate surface area is 320 Å². The number of aryl methyl sites for hydroxylation is 1. The minimum atomic E-state index is -4.96. The fourth-order valence-electron chi connectivity index (χ4n) is 6.54. The molecule has 4 aromatic rings. The van der Waals surface area contributed by atoms with Crippen LogP contribution in [-0.4, -0.2) is 83.9 Å². The number of methoxy groups -OCH3 is 2. The molecule has 2 aliphatic heterocycles. The summed E-state index contributed by atoms with van der Waals surface area (Å²) in [6, 6.07) is 14.9. The molecule has 4 heterocycles. The van der Waals surface area contributed by atoms with E-state index in [9.17, 15) is 22.8 Å². The maximum Gasteiger partial charge on any atom is 0.418 e. The topological polar surface area (TPSA) is 107 Å². The van der Waals surface area contributed by atoms with E-state index in [2.05, 4.69) is 9.97 Å². The molecule has 0 saturated carbocycles. The highest BCUT2D eigenvalue weighted by atomic mass is 35.5. The number of pyridine rings is 2. The van der Waals surface area contributed by atoms with Gasteiger partial charge < -0.3 is 33.6 Å². The van der Waals surface area contributed by atoms with E-state index < -0.39 is 69.1 Å². The third-order valence-corrected chi connectivity index (χ3v) is 9.53. The number of fused-ring (bicyclic) bond motifs is 2. The summed E-state index contributed by atoms with van der Waals surface area (Å²) in [5, 5.41) is -0.514. The van der Waals surface area contributed by atoms with Crippen LogP contribution in [0.25, 0.3) is 11.4 Å². The van der Waals surface area contributed by atoms with Gasteiger partial charge in [-0.3, -0.25) is 4.79 Å². The van der Waals surface area contributed by atoms with Gasteiger partial charge in [0.05, 0.1) is 25.8 Å². The van der Waals surface area contributed by atoms with Crippen molar-refractivity contribution >= 4 is 29.4 Å². The first-order valence-electron chi connectivity index (χ1n) is 17.4. The second-order valence-electron chi connectivity index (χ2n) is 14.2. The molecule has 2 amide bonds. The van der Waals surface area contributed by atoms with E-state index >= 15 is 4.39 Å². The number of hydrogen-bond donors (Lipinski definition) is 0. The lowest BCUT2D eigenvalue weighted by Gasteiger charge is -2.40. The highest BCUT2D eigenvalue weighted by molar-refractivity contribution is 6.35. The van der Waals surface area contributed by atoms with Crippen LogP contribution in [0.15, 0.2) is 54.6 Å².